The summed E-state index contributed by atoms with van der Waals surface area (Å²) in [5.41, 5.74) is 0.602. The van der Waals surface area contributed by atoms with Crippen molar-refractivity contribution in [2.45, 2.75) is 57.6 Å². The van der Waals surface area contributed by atoms with Crippen molar-refractivity contribution >= 4 is 11.8 Å². The molecule has 24 heavy (non-hydrogen) atoms. The number of carbonyl (C=O) groups is 2. The molecule has 1 saturated heterocycles. The molecule has 2 amide bonds. The summed E-state index contributed by atoms with van der Waals surface area (Å²) in [5, 5.41) is 2.98. The molecule has 1 aliphatic heterocycles. The number of nitrogens with zero attached hydrogens (tertiary/aromatic N) is 1. The molecule has 1 aromatic rings. The maximum absolute atomic E-state index is 12.4. The van der Waals surface area contributed by atoms with Crippen molar-refractivity contribution < 1.29 is 14.3 Å². The summed E-state index contributed by atoms with van der Waals surface area (Å²) < 4.78 is 5.96. The van der Waals surface area contributed by atoms with Gasteiger partial charge in [-0.15, -0.1) is 0 Å². The number of nitrogens with one attached hydrogen (secondary N) is 1. The van der Waals surface area contributed by atoms with Crippen molar-refractivity contribution in [2.24, 2.45) is 0 Å². The lowest BCUT2D eigenvalue weighted by Crippen LogP contribution is -2.42. The summed E-state index contributed by atoms with van der Waals surface area (Å²) in [4.78, 5) is 25.9. The molecule has 5 heteroatoms. The topological polar surface area (TPSA) is 58.6 Å². The van der Waals surface area contributed by atoms with Gasteiger partial charge in [0.05, 0.1) is 6.10 Å². The normalized spacial score (nSPS) is 19.5. The molecule has 5 nitrogen and oxygen atoms in total. The fourth-order valence-corrected chi connectivity index (χ4v) is 3.49. The molecule has 0 spiro atoms. The Hall–Kier alpha value is -2.04. The van der Waals surface area contributed by atoms with Crippen molar-refractivity contribution in [1.29, 1.82) is 0 Å². The summed E-state index contributed by atoms with van der Waals surface area (Å²) in [6.07, 6.45) is 6.45. The Morgan fingerprint density at radius 3 is 2.83 bits per heavy atom. The number of hydrogen-bond acceptors (Lipinski definition) is 3. The molecule has 2 aliphatic rings. The maximum Gasteiger partial charge on any atom is 0.251 e. The number of likely N-dealkylation sites (tertiary alicyclic amines) is 1. The van der Waals surface area contributed by atoms with Crippen LogP contribution in [0.4, 0.5) is 0 Å². The van der Waals surface area contributed by atoms with Gasteiger partial charge in [0, 0.05) is 31.1 Å². The van der Waals surface area contributed by atoms with Crippen LogP contribution in [0.25, 0.3) is 0 Å². The zero-order valence-corrected chi connectivity index (χ0v) is 14.3. The largest absolute Gasteiger partial charge is 0.490 e. The van der Waals surface area contributed by atoms with E-state index in [2.05, 4.69) is 5.32 Å². The number of amides is 2. The van der Waals surface area contributed by atoms with E-state index in [9.17, 15) is 9.59 Å². The fraction of sp³-hybridized carbons (Fsp3) is 0.579. The van der Waals surface area contributed by atoms with Crippen LogP contribution in [0, 0.1) is 0 Å². The predicted octanol–water partition coefficient (Wildman–Crippen LogP) is 2.75. The first-order chi connectivity index (χ1) is 11.6. The molecule has 0 aromatic heterocycles. The number of carbonyl (C=O) groups excluding carboxylic acids is 2. The SMILES string of the molecule is C[C@@H](CN1CCCC1=O)NC(=O)c1cccc(OC2CCCC2)c1. The first kappa shape index (κ1) is 16.8. The third-order valence-corrected chi connectivity index (χ3v) is 4.74. The molecule has 1 N–H and O–H groups in total. The van der Waals surface area contributed by atoms with Crippen LogP contribution < -0.4 is 10.1 Å². The lowest BCUT2D eigenvalue weighted by molar-refractivity contribution is -0.127. The fourth-order valence-electron chi connectivity index (χ4n) is 3.49. The Bertz CT molecular complexity index is 596. The highest BCUT2D eigenvalue weighted by molar-refractivity contribution is 5.94. The van der Waals surface area contributed by atoms with Crippen molar-refractivity contribution in [2.75, 3.05) is 13.1 Å². The maximum atomic E-state index is 12.4. The molecule has 130 valence electrons. The first-order valence-corrected chi connectivity index (χ1v) is 8.97. The van der Waals surface area contributed by atoms with Gasteiger partial charge >= 0.3 is 0 Å². The second-order valence-corrected chi connectivity index (χ2v) is 6.87. The number of benzene rings is 1. The van der Waals surface area contributed by atoms with Crippen molar-refractivity contribution in [3.05, 3.63) is 29.8 Å². The van der Waals surface area contributed by atoms with E-state index in [0.717, 1.165) is 31.6 Å². The van der Waals surface area contributed by atoms with Gasteiger partial charge in [0.1, 0.15) is 5.75 Å². The number of hydrogen-bond donors (Lipinski definition) is 1. The Balaban J connectivity index is 1.54. The van der Waals surface area contributed by atoms with Crippen molar-refractivity contribution in [3.63, 3.8) is 0 Å². The van der Waals surface area contributed by atoms with Gasteiger partial charge in [0.15, 0.2) is 0 Å². The van der Waals surface area contributed by atoms with Gasteiger partial charge in [-0.05, 0) is 57.2 Å². The van der Waals surface area contributed by atoms with Crippen LogP contribution in [0.15, 0.2) is 24.3 Å². The smallest absolute Gasteiger partial charge is 0.251 e. The quantitative estimate of drug-likeness (QED) is 0.872. The van der Waals surface area contributed by atoms with Crippen LogP contribution in [0.5, 0.6) is 5.75 Å². The van der Waals surface area contributed by atoms with E-state index in [0.29, 0.717) is 18.5 Å². The Kier molecular flexibility index (Phi) is 5.38. The van der Waals surface area contributed by atoms with E-state index in [-0.39, 0.29) is 24.0 Å². The zero-order valence-electron chi connectivity index (χ0n) is 14.3. The molecule has 0 radical (unpaired) electrons. The minimum Gasteiger partial charge on any atom is -0.490 e. The average Bonchev–Trinajstić information content (AvgIpc) is 3.20. The molecule has 0 bridgehead atoms. The highest BCUT2D eigenvalue weighted by Gasteiger charge is 2.23. The third-order valence-electron chi connectivity index (χ3n) is 4.74. The second kappa shape index (κ2) is 7.69. The van der Waals surface area contributed by atoms with E-state index in [1.54, 1.807) is 12.1 Å². The van der Waals surface area contributed by atoms with Gasteiger partial charge < -0.3 is 15.0 Å². The van der Waals surface area contributed by atoms with Crippen LogP contribution >= 0.6 is 0 Å². The average molecular weight is 330 g/mol. The molecule has 1 atom stereocenters. The molecule has 3 rings (SSSR count). The Labute approximate surface area is 143 Å². The van der Waals surface area contributed by atoms with Crippen molar-refractivity contribution in [3.8, 4) is 5.75 Å². The van der Waals surface area contributed by atoms with E-state index in [1.165, 1.54) is 12.8 Å². The first-order valence-electron chi connectivity index (χ1n) is 8.97. The summed E-state index contributed by atoms with van der Waals surface area (Å²) >= 11 is 0. The van der Waals surface area contributed by atoms with E-state index in [4.69, 9.17) is 4.74 Å². The molecule has 1 aliphatic carbocycles. The van der Waals surface area contributed by atoms with Crippen LogP contribution in [-0.4, -0.2) is 41.9 Å². The second-order valence-electron chi connectivity index (χ2n) is 6.87. The predicted molar refractivity (Wildman–Crippen MR) is 92.1 cm³/mol. The number of ether oxygens (including phenoxy) is 1. The number of rotatable bonds is 6. The van der Waals surface area contributed by atoms with Gasteiger partial charge in [-0.1, -0.05) is 6.07 Å². The van der Waals surface area contributed by atoms with Gasteiger partial charge in [-0.25, -0.2) is 0 Å². The lowest BCUT2D eigenvalue weighted by Gasteiger charge is -2.22. The van der Waals surface area contributed by atoms with Gasteiger partial charge in [0.25, 0.3) is 5.91 Å². The molecule has 0 unspecified atom stereocenters. The highest BCUT2D eigenvalue weighted by Crippen LogP contribution is 2.24. The summed E-state index contributed by atoms with van der Waals surface area (Å²) in [5.74, 6) is 0.825. The molecule has 2 fully saturated rings. The molecule has 1 saturated carbocycles. The van der Waals surface area contributed by atoms with E-state index >= 15 is 0 Å². The van der Waals surface area contributed by atoms with Gasteiger partial charge in [-0.3, -0.25) is 9.59 Å². The standard InChI is InChI=1S/C19H26N2O3/c1-14(13-21-11-5-10-18(21)22)20-19(23)15-6-4-9-17(12-15)24-16-7-2-3-8-16/h4,6,9,12,14,16H,2-3,5,7-8,10-11,13H2,1H3,(H,20,23)/t14-/m0/s1. The molecule has 1 aromatic carbocycles. The summed E-state index contributed by atoms with van der Waals surface area (Å²) in [7, 11) is 0. The van der Waals surface area contributed by atoms with E-state index in [1.807, 2.05) is 24.0 Å². The lowest BCUT2D eigenvalue weighted by atomic mass is 10.2. The van der Waals surface area contributed by atoms with E-state index < -0.39 is 0 Å². The molecular weight excluding hydrogens is 304 g/mol. The Morgan fingerprint density at radius 1 is 1.33 bits per heavy atom. The molecular formula is C19H26N2O3. The van der Waals surface area contributed by atoms with Crippen molar-refractivity contribution in [1.82, 2.24) is 10.2 Å². The van der Waals surface area contributed by atoms with Crippen LogP contribution in [-0.2, 0) is 4.79 Å². The van der Waals surface area contributed by atoms with Crippen LogP contribution in [0.3, 0.4) is 0 Å². The van der Waals surface area contributed by atoms with Gasteiger partial charge in [0.2, 0.25) is 5.91 Å². The highest BCUT2D eigenvalue weighted by atomic mass is 16.5. The van der Waals surface area contributed by atoms with Gasteiger partial charge in [-0.2, -0.15) is 0 Å². The zero-order chi connectivity index (χ0) is 16.9. The minimum absolute atomic E-state index is 0.0704. The summed E-state index contributed by atoms with van der Waals surface area (Å²) in [6.45, 7) is 3.30. The minimum atomic E-state index is -0.119. The monoisotopic (exact) mass is 330 g/mol. The third kappa shape index (κ3) is 4.28. The molecule has 1 heterocycles. The van der Waals surface area contributed by atoms with Crippen LogP contribution in [0.2, 0.25) is 0 Å². The van der Waals surface area contributed by atoms with Crippen LogP contribution in [0.1, 0.15) is 55.8 Å². The Morgan fingerprint density at radius 2 is 2.12 bits per heavy atom. The summed E-state index contributed by atoms with van der Waals surface area (Å²) in [6, 6.07) is 7.29.